The van der Waals surface area contributed by atoms with Gasteiger partial charge < -0.3 is 0 Å². The fourth-order valence-electron chi connectivity index (χ4n) is 9.41. The van der Waals surface area contributed by atoms with Crippen molar-refractivity contribution < 1.29 is 0 Å². The Morgan fingerprint density at radius 2 is 0.453 bits per heavy atom. The van der Waals surface area contributed by atoms with Crippen LogP contribution >= 0.6 is 0 Å². The predicted octanol–water partition coefficient (Wildman–Crippen LogP) is 18.7. The maximum Gasteiger partial charge on any atom is -0.00262 e. The van der Waals surface area contributed by atoms with Gasteiger partial charge in [-0.15, -0.1) is 0 Å². The molecule has 8 rings (SSSR count). The Kier molecular flexibility index (Phi) is 13.2. The molecule has 0 amide bonds. The second kappa shape index (κ2) is 18.5. The van der Waals surface area contributed by atoms with Crippen LogP contribution in [0.4, 0.5) is 0 Å². The summed E-state index contributed by atoms with van der Waals surface area (Å²) in [6, 6.07) is 47.1. The van der Waals surface area contributed by atoms with Crippen molar-refractivity contribution in [2.75, 3.05) is 0 Å². The topological polar surface area (TPSA) is 0 Å². The molecule has 0 radical (unpaired) electrons. The van der Waals surface area contributed by atoms with E-state index in [1.807, 2.05) is 13.8 Å². The van der Waals surface area contributed by atoms with Gasteiger partial charge in [-0.05, 0) is 289 Å². The van der Waals surface area contributed by atoms with Gasteiger partial charge in [0.2, 0.25) is 0 Å². The first-order valence-corrected chi connectivity index (χ1v) is 23.3. The van der Waals surface area contributed by atoms with E-state index in [2.05, 4.69) is 218 Å². The van der Waals surface area contributed by atoms with Crippen LogP contribution in [0.15, 0.2) is 121 Å². The molecule has 0 saturated heterocycles. The van der Waals surface area contributed by atoms with Gasteiger partial charge in [0.05, 0.1) is 0 Å². The van der Waals surface area contributed by atoms with E-state index in [0.717, 1.165) is 0 Å². The van der Waals surface area contributed by atoms with Crippen molar-refractivity contribution in [1.29, 1.82) is 0 Å². The third-order valence-corrected chi connectivity index (χ3v) is 14.4. The van der Waals surface area contributed by atoms with E-state index in [1.54, 1.807) is 0 Å². The molecule has 0 aliphatic carbocycles. The molecule has 0 unspecified atom stereocenters. The Hall–Kier alpha value is -6.24. The zero-order valence-corrected chi connectivity index (χ0v) is 41.5. The molecule has 0 N–H and O–H groups in total. The van der Waals surface area contributed by atoms with Crippen molar-refractivity contribution in [2.45, 2.75) is 111 Å². The van der Waals surface area contributed by atoms with Gasteiger partial charge in [0.1, 0.15) is 0 Å². The fourth-order valence-corrected chi connectivity index (χ4v) is 9.41. The second-order valence-corrected chi connectivity index (χ2v) is 18.5. The zero-order valence-electron chi connectivity index (χ0n) is 41.5. The highest BCUT2D eigenvalue weighted by Crippen LogP contribution is 2.47. The summed E-state index contributed by atoms with van der Waals surface area (Å²) >= 11 is 0. The number of hydrogen-bond donors (Lipinski definition) is 0. The van der Waals surface area contributed by atoms with Crippen molar-refractivity contribution in [1.82, 2.24) is 0 Å². The van der Waals surface area contributed by atoms with Crippen LogP contribution in [0.25, 0.3) is 77.9 Å². The molecule has 0 fully saturated rings. The minimum absolute atomic E-state index is 1.20. The lowest BCUT2D eigenvalue weighted by molar-refractivity contribution is 1.26. The Balaban J connectivity index is 0.00000302. The number of rotatable bonds is 7. The van der Waals surface area contributed by atoms with Gasteiger partial charge in [-0.2, -0.15) is 0 Å². The SMILES string of the molecule is CC.Cc1cc(-c2cc(-c3cc(-c4ccccc4)cc(-c4cc(-c5cc(C)c(C)c(C)c5)c(-c5cc(C)c(C)c(C)c5)c(-c5cc(C)c(C)c(C)c5)c4)c3)cc(C)c2C)cc(C)c1C. The van der Waals surface area contributed by atoms with Crippen LogP contribution in [0.3, 0.4) is 0 Å². The molecule has 324 valence electrons. The number of hydrogen-bond acceptors (Lipinski definition) is 0. The lowest BCUT2D eigenvalue weighted by Crippen LogP contribution is -1.98. The van der Waals surface area contributed by atoms with E-state index in [4.69, 9.17) is 0 Å². The van der Waals surface area contributed by atoms with E-state index in [0.29, 0.717) is 0 Å². The van der Waals surface area contributed by atoms with Gasteiger partial charge in [0, 0.05) is 0 Å². The molecule has 0 spiro atoms. The van der Waals surface area contributed by atoms with E-state index < -0.39 is 0 Å². The summed E-state index contributed by atoms with van der Waals surface area (Å²) in [5.74, 6) is 0. The van der Waals surface area contributed by atoms with Crippen LogP contribution in [0.2, 0.25) is 0 Å². The van der Waals surface area contributed by atoms with Crippen molar-refractivity contribution >= 4 is 0 Å². The monoisotopic (exact) mass is 837 g/mol. The highest BCUT2D eigenvalue weighted by Gasteiger charge is 2.21. The van der Waals surface area contributed by atoms with Crippen LogP contribution in [0.1, 0.15) is 91.7 Å². The molecular formula is C64H68. The molecule has 0 aliphatic rings. The summed E-state index contributed by atoms with van der Waals surface area (Å²) in [5, 5.41) is 0. The van der Waals surface area contributed by atoms with Crippen molar-refractivity contribution in [2.24, 2.45) is 0 Å². The molecule has 0 atom stereocenters. The summed E-state index contributed by atoms with van der Waals surface area (Å²) in [6.07, 6.45) is 0. The van der Waals surface area contributed by atoms with Gasteiger partial charge >= 0.3 is 0 Å². The van der Waals surface area contributed by atoms with Crippen LogP contribution in [-0.2, 0) is 0 Å². The third-order valence-electron chi connectivity index (χ3n) is 14.4. The van der Waals surface area contributed by atoms with Crippen LogP contribution in [-0.4, -0.2) is 0 Å². The van der Waals surface area contributed by atoms with Gasteiger partial charge in [0.15, 0.2) is 0 Å². The van der Waals surface area contributed by atoms with Gasteiger partial charge in [-0.1, -0.05) is 98.8 Å². The standard InChI is InChI=1S/C62H62.C2H6/c1-35-21-55(22-36(2)44(35)10)59-32-50(20-43(9)48(59)14)52-29-51(49-18-16-15-17-19-49)30-53(31-52)54-33-60(56-23-37(3)45(11)38(4)24-56)62(58-27-41(7)47(13)42(8)28-58)61(34-54)57-25-39(5)46(12)40(6)26-57;1-2/h15-34H,1-14H3;1-2H3. The molecule has 0 nitrogen and oxygen atoms in total. The largest absolute Gasteiger partial charge is 0.0683 e. The molecule has 8 aromatic carbocycles. The lowest BCUT2D eigenvalue weighted by atomic mass is 9.81. The summed E-state index contributed by atoms with van der Waals surface area (Å²) in [6.45, 7) is 35.5. The quantitative estimate of drug-likeness (QED) is 0.150. The molecule has 64 heavy (non-hydrogen) atoms. The predicted molar refractivity (Wildman–Crippen MR) is 282 cm³/mol. The number of aryl methyl sites for hydroxylation is 9. The second-order valence-electron chi connectivity index (χ2n) is 18.5. The molecule has 0 saturated carbocycles. The molecule has 0 heterocycles. The normalized spacial score (nSPS) is 11.1. The van der Waals surface area contributed by atoms with E-state index in [1.165, 1.54) is 156 Å². The highest BCUT2D eigenvalue weighted by atomic mass is 14.3. The molecule has 8 aromatic rings. The smallest absolute Gasteiger partial charge is 0.00262 e. The van der Waals surface area contributed by atoms with Crippen molar-refractivity contribution in [3.63, 3.8) is 0 Å². The van der Waals surface area contributed by atoms with Crippen molar-refractivity contribution in [3.8, 4) is 77.9 Å². The molecule has 0 bridgehead atoms. The summed E-state index contributed by atoms with van der Waals surface area (Å²) in [7, 11) is 0. The first-order valence-electron chi connectivity index (χ1n) is 23.3. The fraction of sp³-hybridized carbons (Fsp3) is 0.250. The molecular weight excluding hydrogens is 769 g/mol. The van der Waals surface area contributed by atoms with Gasteiger partial charge in [0.25, 0.3) is 0 Å². The average molecular weight is 837 g/mol. The first kappa shape index (κ1) is 45.8. The average Bonchev–Trinajstić information content (AvgIpc) is 3.28. The molecule has 0 aromatic heterocycles. The van der Waals surface area contributed by atoms with Crippen LogP contribution in [0, 0.1) is 96.9 Å². The Morgan fingerprint density at radius 1 is 0.203 bits per heavy atom. The zero-order chi connectivity index (χ0) is 46.3. The highest BCUT2D eigenvalue weighted by molar-refractivity contribution is 5.99. The summed E-state index contributed by atoms with van der Waals surface area (Å²) < 4.78 is 0. The Morgan fingerprint density at radius 3 is 0.828 bits per heavy atom. The van der Waals surface area contributed by atoms with Gasteiger partial charge in [-0.3, -0.25) is 0 Å². The minimum Gasteiger partial charge on any atom is -0.0683 e. The van der Waals surface area contributed by atoms with Crippen LogP contribution in [0.5, 0.6) is 0 Å². The van der Waals surface area contributed by atoms with E-state index >= 15 is 0 Å². The lowest BCUT2D eigenvalue weighted by Gasteiger charge is -2.23. The Labute approximate surface area is 386 Å². The minimum atomic E-state index is 1.20. The summed E-state index contributed by atoms with van der Waals surface area (Å²) in [4.78, 5) is 0. The Bertz CT molecular complexity index is 2900. The summed E-state index contributed by atoms with van der Waals surface area (Å²) in [5.41, 5.74) is 36.0. The van der Waals surface area contributed by atoms with E-state index in [-0.39, 0.29) is 0 Å². The van der Waals surface area contributed by atoms with E-state index in [9.17, 15) is 0 Å². The van der Waals surface area contributed by atoms with Crippen LogP contribution < -0.4 is 0 Å². The first-order chi connectivity index (χ1) is 30.5. The molecule has 0 heteroatoms. The third kappa shape index (κ3) is 8.81. The maximum atomic E-state index is 2.48. The maximum absolute atomic E-state index is 2.48. The molecule has 0 aliphatic heterocycles. The van der Waals surface area contributed by atoms with Gasteiger partial charge in [-0.25, -0.2) is 0 Å². The number of benzene rings is 8. The van der Waals surface area contributed by atoms with Crippen molar-refractivity contribution in [3.05, 3.63) is 199 Å².